The quantitative estimate of drug-likeness (QED) is 0.188. The van der Waals surface area contributed by atoms with Crippen molar-refractivity contribution in [1.82, 2.24) is 16.3 Å². The molecule has 4 aliphatic carbocycles. The molecular formula is C26H51N5O2. The largest absolute Gasteiger partial charge is 0.390 e. The minimum atomic E-state index is -0.486. The van der Waals surface area contributed by atoms with Crippen molar-refractivity contribution < 1.29 is 10.3 Å². The number of aliphatic hydroxyl groups is 1. The molecule has 0 radical (unpaired) electrons. The summed E-state index contributed by atoms with van der Waals surface area (Å²) in [7, 11) is 1.43. The number of hydrogen-bond donors (Lipinski definition) is 7. The van der Waals surface area contributed by atoms with Crippen LogP contribution in [0.4, 0.5) is 0 Å². The normalized spacial score (nSPS) is 47.4. The zero-order valence-corrected chi connectivity index (χ0v) is 21.9. The molecule has 0 aromatic rings. The van der Waals surface area contributed by atoms with E-state index in [4.69, 9.17) is 16.4 Å². The van der Waals surface area contributed by atoms with E-state index in [0.29, 0.717) is 17.9 Å². The van der Waals surface area contributed by atoms with E-state index in [1.807, 2.05) is 6.92 Å². The second-order valence-electron chi connectivity index (χ2n) is 12.8. The lowest BCUT2D eigenvalue weighted by molar-refractivity contribution is -0.187. The van der Waals surface area contributed by atoms with Gasteiger partial charge in [-0.1, -0.05) is 20.8 Å². The van der Waals surface area contributed by atoms with Gasteiger partial charge < -0.3 is 21.5 Å². The van der Waals surface area contributed by atoms with Crippen molar-refractivity contribution in [3.63, 3.8) is 0 Å². The van der Waals surface area contributed by atoms with Gasteiger partial charge in [0.25, 0.3) is 0 Å². The summed E-state index contributed by atoms with van der Waals surface area (Å²) in [4.78, 5) is 0. The number of hydrazine groups is 1. The van der Waals surface area contributed by atoms with Gasteiger partial charge in [0, 0.05) is 25.2 Å². The van der Waals surface area contributed by atoms with Crippen LogP contribution in [0.15, 0.2) is 0 Å². The molecule has 0 aromatic carbocycles. The summed E-state index contributed by atoms with van der Waals surface area (Å²) in [6.45, 7) is 12.1. The highest BCUT2D eigenvalue weighted by molar-refractivity contribution is 5.86. The fourth-order valence-corrected chi connectivity index (χ4v) is 8.94. The highest BCUT2D eigenvalue weighted by Crippen LogP contribution is 2.71. The molecule has 7 heteroatoms. The molecule has 4 fully saturated rings. The summed E-state index contributed by atoms with van der Waals surface area (Å²) in [5.41, 5.74) is 15.0. The maximum Gasteiger partial charge on any atom is 0.0650 e. The van der Waals surface area contributed by atoms with Crippen LogP contribution in [0, 0.1) is 45.3 Å². The van der Waals surface area contributed by atoms with Gasteiger partial charge in [-0.3, -0.25) is 5.43 Å². The van der Waals surface area contributed by atoms with Gasteiger partial charge in [-0.2, -0.15) is 0 Å². The Labute approximate surface area is 201 Å². The smallest absolute Gasteiger partial charge is 0.0650 e. The van der Waals surface area contributed by atoms with Crippen LogP contribution in [0.25, 0.3) is 0 Å². The second kappa shape index (κ2) is 9.82. The average molecular weight is 466 g/mol. The molecule has 9 atom stereocenters. The van der Waals surface area contributed by atoms with Crippen molar-refractivity contribution in [2.24, 2.45) is 45.7 Å². The third-order valence-corrected chi connectivity index (χ3v) is 10.6. The first-order valence-corrected chi connectivity index (χ1v) is 13.2. The van der Waals surface area contributed by atoms with Crippen molar-refractivity contribution in [2.75, 3.05) is 13.6 Å². The van der Waals surface area contributed by atoms with Crippen LogP contribution in [0.1, 0.15) is 92.4 Å². The van der Waals surface area contributed by atoms with Crippen molar-refractivity contribution in [3.05, 3.63) is 0 Å². The third-order valence-electron chi connectivity index (χ3n) is 10.6. The van der Waals surface area contributed by atoms with Crippen LogP contribution < -0.4 is 22.1 Å². The fourth-order valence-electron chi connectivity index (χ4n) is 8.94. The Bertz CT molecular complexity index is 700. The van der Waals surface area contributed by atoms with E-state index >= 15 is 0 Å². The first-order valence-electron chi connectivity index (χ1n) is 13.2. The Kier molecular flexibility index (Phi) is 8.04. The molecule has 0 spiro atoms. The molecule has 0 saturated heterocycles. The molecule has 192 valence electrons. The van der Waals surface area contributed by atoms with Gasteiger partial charge in [-0.05, 0) is 106 Å². The molecule has 33 heavy (non-hydrogen) atoms. The molecule has 4 rings (SSSR count). The number of fused-ring (bicyclic) bond motifs is 5. The second-order valence-corrected chi connectivity index (χ2v) is 12.8. The summed E-state index contributed by atoms with van der Waals surface area (Å²) in [5.74, 6) is 2.75. The first-order chi connectivity index (χ1) is 15.3. The molecule has 4 saturated carbocycles. The highest BCUT2D eigenvalue weighted by Gasteiger charge is 2.64. The predicted octanol–water partition coefficient (Wildman–Crippen LogP) is 3.80. The molecular weight excluding hydrogens is 414 g/mol. The number of nitrogens with one attached hydrogen (secondary N) is 4. The fraction of sp³-hybridized carbons (Fsp3) is 0.962. The predicted molar refractivity (Wildman–Crippen MR) is 134 cm³/mol. The van der Waals surface area contributed by atoms with Gasteiger partial charge in [0.2, 0.25) is 0 Å². The molecule has 8 N–H and O–H groups in total. The SMILES string of the molecule is CC(N)NNCC(=N)C1CCC2C3CCC4(C)C[C@](C)(O)CCC4(C)C3CCC12C.CNO. The minimum absolute atomic E-state index is 0.103. The van der Waals surface area contributed by atoms with E-state index in [1.54, 1.807) is 5.48 Å². The van der Waals surface area contributed by atoms with Crippen molar-refractivity contribution in [3.8, 4) is 0 Å². The van der Waals surface area contributed by atoms with Gasteiger partial charge in [0.05, 0.1) is 11.8 Å². The monoisotopic (exact) mass is 465 g/mol. The summed E-state index contributed by atoms with van der Waals surface area (Å²) in [6.07, 6.45) is 10.6. The van der Waals surface area contributed by atoms with Crippen LogP contribution in [0.5, 0.6) is 0 Å². The van der Waals surface area contributed by atoms with Gasteiger partial charge in [0.1, 0.15) is 0 Å². The van der Waals surface area contributed by atoms with Crippen LogP contribution in [-0.2, 0) is 0 Å². The van der Waals surface area contributed by atoms with E-state index in [9.17, 15) is 5.11 Å². The molecule has 0 heterocycles. The van der Waals surface area contributed by atoms with E-state index in [-0.39, 0.29) is 17.0 Å². The lowest BCUT2D eigenvalue weighted by Crippen LogP contribution is -2.60. The number of hydroxylamine groups is 1. The topological polar surface area (TPSA) is 126 Å². The summed E-state index contributed by atoms with van der Waals surface area (Å²) < 4.78 is 0. The molecule has 0 aromatic heterocycles. The van der Waals surface area contributed by atoms with Crippen molar-refractivity contribution >= 4 is 5.71 Å². The van der Waals surface area contributed by atoms with E-state index < -0.39 is 5.60 Å². The van der Waals surface area contributed by atoms with Crippen molar-refractivity contribution in [1.29, 1.82) is 5.41 Å². The summed E-state index contributed by atoms with van der Waals surface area (Å²) in [6, 6.07) is 0. The Morgan fingerprint density at radius 2 is 1.70 bits per heavy atom. The maximum absolute atomic E-state index is 10.8. The maximum atomic E-state index is 10.8. The van der Waals surface area contributed by atoms with E-state index in [1.165, 1.54) is 52.0 Å². The Hall–Kier alpha value is -0.570. The Balaban J connectivity index is 0.000000968. The van der Waals surface area contributed by atoms with Crippen LogP contribution in [0.2, 0.25) is 0 Å². The van der Waals surface area contributed by atoms with Crippen LogP contribution >= 0.6 is 0 Å². The van der Waals surface area contributed by atoms with Crippen LogP contribution in [0.3, 0.4) is 0 Å². The average Bonchev–Trinajstić information content (AvgIpc) is 3.06. The van der Waals surface area contributed by atoms with Crippen LogP contribution in [-0.4, -0.2) is 41.4 Å². The number of hydrogen-bond acceptors (Lipinski definition) is 7. The Morgan fingerprint density at radius 3 is 2.33 bits per heavy atom. The lowest BCUT2D eigenvalue weighted by atomic mass is 9.39. The minimum Gasteiger partial charge on any atom is -0.390 e. The number of nitrogens with two attached hydrogens (primary N) is 1. The molecule has 8 unspecified atom stereocenters. The van der Waals surface area contributed by atoms with Gasteiger partial charge in [0.15, 0.2) is 0 Å². The molecule has 0 aliphatic heterocycles. The van der Waals surface area contributed by atoms with Crippen molar-refractivity contribution in [2.45, 2.75) is 104 Å². The van der Waals surface area contributed by atoms with Gasteiger partial charge in [-0.15, -0.1) is 0 Å². The Morgan fingerprint density at radius 1 is 1.03 bits per heavy atom. The summed E-state index contributed by atoms with van der Waals surface area (Å²) >= 11 is 0. The molecule has 4 aliphatic rings. The zero-order chi connectivity index (χ0) is 24.7. The molecule has 7 nitrogen and oxygen atoms in total. The molecule has 0 bridgehead atoms. The van der Waals surface area contributed by atoms with Gasteiger partial charge >= 0.3 is 0 Å². The third kappa shape index (κ3) is 4.91. The van der Waals surface area contributed by atoms with E-state index in [2.05, 4.69) is 38.5 Å². The first kappa shape index (κ1) is 27.0. The molecule has 0 amide bonds. The highest BCUT2D eigenvalue weighted by atomic mass is 16.5. The standard InChI is InChI=1S/C25H46N4O.CH5NO/c1-16(26)29-28-14-21(27)20-7-6-18-17-8-10-22(2)15-23(3,30)12-13-25(22,5)19(17)9-11-24(18,20)4;1-2-3/h16-20,27-30H,6-15,26H2,1-5H3;2-3H,1H3/t16?,17?,18?,19?,20?,22?,23-,24?,25?;/m1./s1. The van der Waals surface area contributed by atoms with Gasteiger partial charge in [-0.25, -0.2) is 10.9 Å². The zero-order valence-electron chi connectivity index (χ0n) is 21.9. The summed E-state index contributed by atoms with van der Waals surface area (Å²) in [5, 5.41) is 27.0. The number of rotatable bonds is 5. The van der Waals surface area contributed by atoms with E-state index in [0.717, 1.165) is 36.3 Å². The lowest BCUT2D eigenvalue weighted by Gasteiger charge is -2.66.